The summed E-state index contributed by atoms with van der Waals surface area (Å²) >= 11 is 5.29. The van der Waals surface area contributed by atoms with Gasteiger partial charge in [-0.2, -0.15) is 5.10 Å². The first-order valence-corrected chi connectivity index (χ1v) is 17.9. The number of rotatable bonds is 5. The molecule has 45 heavy (non-hydrogen) atoms. The van der Waals surface area contributed by atoms with E-state index >= 15 is 0 Å². The topological polar surface area (TPSA) is 95.3 Å². The van der Waals surface area contributed by atoms with Crippen LogP contribution in [0.4, 0.5) is 5.95 Å². The highest BCUT2D eigenvalue weighted by Gasteiger charge is 2.45. The van der Waals surface area contributed by atoms with E-state index in [1.54, 1.807) is 23.5 Å². The molecule has 4 aliphatic heterocycles. The van der Waals surface area contributed by atoms with E-state index in [1.165, 1.54) is 27.4 Å². The summed E-state index contributed by atoms with van der Waals surface area (Å²) in [6.45, 7) is 7.66. The first-order valence-electron chi connectivity index (χ1n) is 15.2. The fourth-order valence-corrected chi connectivity index (χ4v) is 9.97. The van der Waals surface area contributed by atoms with E-state index in [-0.39, 0.29) is 25.2 Å². The SMILES string of the molecule is CC(C)(C)[C@H]1CCc2c(sc3c2C2NN=C(SCc4ccc5c(c4)OCO5)N2c2nnc(SCc4ccc5c(c4)OCO5)n2-3)C1. The lowest BCUT2D eigenvalue weighted by molar-refractivity contribution is 0.173. The highest BCUT2D eigenvalue weighted by Crippen LogP contribution is 2.52. The number of hydrogen-bond acceptors (Lipinski definition) is 12. The van der Waals surface area contributed by atoms with Crippen molar-refractivity contribution >= 4 is 46.0 Å². The summed E-state index contributed by atoms with van der Waals surface area (Å²) in [6.07, 6.45) is 3.27. The van der Waals surface area contributed by atoms with Crippen molar-refractivity contribution in [3.8, 4) is 28.0 Å². The van der Waals surface area contributed by atoms with Crippen LogP contribution in [0.5, 0.6) is 23.0 Å². The van der Waals surface area contributed by atoms with Gasteiger partial charge in [0.05, 0.1) is 0 Å². The van der Waals surface area contributed by atoms with Crippen molar-refractivity contribution < 1.29 is 18.9 Å². The van der Waals surface area contributed by atoms with Gasteiger partial charge in [-0.1, -0.05) is 56.4 Å². The van der Waals surface area contributed by atoms with Crippen LogP contribution in [0.3, 0.4) is 0 Å². The maximum absolute atomic E-state index is 5.62. The summed E-state index contributed by atoms with van der Waals surface area (Å²) in [6, 6.07) is 12.2. The molecule has 2 aromatic carbocycles. The minimum Gasteiger partial charge on any atom is -0.454 e. The quantitative estimate of drug-likeness (QED) is 0.229. The summed E-state index contributed by atoms with van der Waals surface area (Å²) in [5, 5.41) is 17.4. The van der Waals surface area contributed by atoms with Crippen LogP contribution in [0.1, 0.15) is 60.5 Å². The van der Waals surface area contributed by atoms with Gasteiger partial charge in [0, 0.05) is 21.9 Å². The van der Waals surface area contributed by atoms with Gasteiger partial charge in [0.15, 0.2) is 39.5 Å². The second-order valence-electron chi connectivity index (χ2n) is 12.9. The molecule has 2 atom stereocenters. The number of ether oxygens (including phenoxy) is 4. The summed E-state index contributed by atoms with van der Waals surface area (Å²) in [4.78, 5) is 3.73. The molecule has 0 amide bonds. The standard InChI is InChI=1S/C32H32N6O4S3/c1-32(2,3)19-6-7-20-25(12-19)45-28-26(20)27-33-35-30(43-13-17-4-8-21-23(10-17)41-15-39-21)37(27)29-34-36-31(38(28)29)44-14-18-5-9-22-24(11-18)42-16-40-22/h4-5,8-11,19,27,33H,6-7,12-16H2,1-3H3/t19-,27?/m0/s1. The molecule has 0 spiro atoms. The molecule has 13 heteroatoms. The van der Waals surface area contributed by atoms with Gasteiger partial charge in [0.1, 0.15) is 5.00 Å². The van der Waals surface area contributed by atoms with E-state index in [0.29, 0.717) is 5.92 Å². The summed E-state index contributed by atoms with van der Waals surface area (Å²) < 4.78 is 24.5. The molecule has 10 nitrogen and oxygen atoms in total. The Balaban J connectivity index is 1.05. The molecule has 9 rings (SSSR count). The zero-order valence-corrected chi connectivity index (χ0v) is 27.6. The maximum atomic E-state index is 5.62. The maximum Gasteiger partial charge on any atom is 0.241 e. The number of aromatic nitrogens is 3. The molecule has 1 N–H and O–H groups in total. The van der Waals surface area contributed by atoms with Crippen LogP contribution in [-0.4, -0.2) is 33.5 Å². The second kappa shape index (κ2) is 10.5. The van der Waals surface area contributed by atoms with Crippen molar-refractivity contribution in [3.63, 3.8) is 0 Å². The third kappa shape index (κ3) is 4.65. The monoisotopic (exact) mass is 660 g/mol. The first-order chi connectivity index (χ1) is 21.9. The molecule has 1 unspecified atom stereocenters. The van der Waals surface area contributed by atoms with Crippen molar-refractivity contribution in [2.24, 2.45) is 16.4 Å². The number of nitrogens with zero attached hydrogens (tertiary/aromatic N) is 5. The van der Waals surface area contributed by atoms with Crippen LogP contribution in [0.15, 0.2) is 46.7 Å². The average molecular weight is 661 g/mol. The van der Waals surface area contributed by atoms with Crippen LogP contribution in [0.25, 0.3) is 5.00 Å². The Hall–Kier alpha value is -3.55. The van der Waals surface area contributed by atoms with Crippen LogP contribution < -0.4 is 29.3 Å². The fraction of sp³-hybridized carbons (Fsp3) is 0.406. The van der Waals surface area contributed by atoms with Crippen molar-refractivity contribution in [3.05, 3.63) is 63.5 Å². The largest absolute Gasteiger partial charge is 0.454 e. The van der Waals surface area contributed by atoms with E-state index in [1.807, 2.05) is 23.5 Å². The molecule has 0 radical (unpaired) electrons. The molecular formula is C32H32N6O4S3. The molecule has 0 saturated carbocycles. The normalized spacial score (nSPS) is 20.3. The Kier molecular flexibility index (Phi) is 6.47. The highest BCUT2D eigenvalue weighted by molar-refractivity contribution is 8.13. The number of amidine groups is 1. The van der Waals surface area contributed by atoms with Crippen LogP contribution >= 0.6 is 34.9 Å². The molecule has 0 fully saturated rings. The molecule has 232 valence electrons. The van der Waals surface area contributed by atoms with Gasteiger partial charge < -0.3 is 18.9 Å². The summed E-state index contributed by atoms with van der Waals surface area (Å²) in [5.41, 5.74) is 8.86. The Morgan fingerprint density at radius 3 is 2.31 bits per heavy atom. The number of hydrogen-bond donors (Lipinski definition) is 1. The Labute approximate surface area is 273 Å². The van der Waals surface area contributed by atoms with Gasteiger partial charge in [-0.15, -0.1) is 21.5 Å². The lowest BCUT2D eigenvalue weighted by Crippen LogP contribution is -2.38. The Bertz CT molecular complexity index is 1860. The molecule has 1 aliphatic carbocycles. The van der Waals surface area contributed by atoms with E-state index in [4.69, 9.17) is 34.2 Å². The van der Waals surface area contributed by atoms with Crippen LogP contribution in [0.2, 0.25) is 0 Å². The smallest absolute Gasteiger partial charge is 0.241 e. The molecule has 4 aromatic rings. The lowest BCUT2D eigenvalue weighted by atomic mass is 9.72. The Morgan fingerprint density at radius 1 is 0.911 bits per heavy atom. The minimum atomic E-state index is -0.103. The van der Waals surface area contributed by atoms with E-state index in [2.05, 4.69) is 59.9 Å². The number of thiophene rings is 1. The number of nitrogens with one attached hydrogen (secondary N) is 1. The molecule has 5 aliphatic rings. The Morgan fingerprint density at radius 2 is 1.60 bits per heavy atom. The van der Waals surface area contributed by atoms with Crippen molar-refractivity contribution in [1.82, 2.24) is 20.2 Å². The number of fused-ring (bicyclic) bond motifs is 10. The van der Waals surface area contributed by atoms with Crippen molar-refractivity contribution in [1.29, 1.82) is 0 Å². The van der Waals surface area contributed by atoms with Gasteiger partial charge in [0.2, 0.25) is 19.5 Å². The van der Waals surface area contributed by atoms with Gasteiger partial charge in [-0.25, -0.2) is 4.57 Å². The molecule has 2 aromatic heterocycles. The minimum absolute atomic E-state index is 0.103. The molecule has 0 bridgehead atoms. The van der Waals surface area contributed by atoms with E-state index < -0.39 is 0 Å². The lowest BCUT2D eigenvalue weighted by Gasteiger charge is -2.35. The molecule has 0 saturated heterocycles. The zero-order chi connectivity index (χ0) is 30.3. The first kappa shape index (κ1) is 27.7. The average Bonchev–Trinajstić information content (AvgIpc) is 3.86. The molecule has 6 heterocycles. The van der Waals surface area contributed by atoms with Gasteiger partial charge in [-0.3, -0.25) is 10.3 Å². The number of hydrazone groups is 1. The van der Waals surface area contributed by atoms with Crippen LogP contribution in [0, 0.1) is 11.3 Å². The predicted molar refractivity (Wildman–Crippen MR) is 176 cm³/mol. The van der Waals surface area contributed by atoms with Gasteiger partial charge >= 0.3 is 0 Å². The van der Waals surface area contributed by atoms with Gasteiger partial charge in [0.25, 0.3) is 0 Å². The molecular weight excluding hydrogens is 629 g/mol. The summed E-state index contributed by atoms with van der Waals surface area (Å²) in [7, 11) is 0. The van der Waals surface area contributed by atoms with Crippen molar-refractivity contribution in [2.75, 3.05) is 18.5 Å². The van der Waals surface area contributed by atoms with E-state index in [9.17, 15) is 0 Å². The predicted octanol–water partition coefficient (Wildman–Crippen LogP) is 6.86. The van der Waals surface area contributed by atoms with Crippen LogP contribution in [-0.2, 0) is 24.3 Å². The number of anilines is 1. The number of thioether (sulfide) groups is 2. The zero-order valence-electron chi connectivity index (χ0n) is 25.2. The number of benzene rings is 2. The van der Waals surface area contributed by atoms with Gasteiger partial charge in [-0.05, 0) is 71.6 Å². The van der Waals surface area contributed by atoms with Crippen molar-refractivity contribution in [2.45, 2.75) is 62.9 Å². The highest BCUT2D eigenvalue weighted by atomic mass is 32.2. The third-order valence-corrected chi connectivity index (χ3v) is 12.5. The van der Waals surface area contributed by atoms with E-state index in [0.717, 1.165) is 74.7 Å². The second-order valence-corrected chi connectivity index (χ2v) is 15.9. The third-order valence-electron chi connectivity index (χ3n) is 9.18. The summed E-state index contributed by atoms with van der Waals surface area (Å²) in [5.74, 6) is 6.11. The fourth-order valence-electron chi connectivity index (χ4n) is 6.66.